The van der Waals surface area contributed by atoms with Gasteiger partial charge in [0, 0.05) is 12.1 Å². The highest BCUT2D eigenvalue weighted by molar-refractivity contribution is 4.81. The van der Waals surface area contributed by atoms with Crippen LogP contribution in [0.15, 0.2) is 0 Å². The molecule has 0 aromatic carbocycles. The molecular formula is C15H35N3. The van der Waals surface area contributed by atoms with Crippen LogP contribution in [-0.4, -0.2) is 36.6 Å². The van der Waals surface area contributed by atoms with Crippen molar-refractivity contribution >= 4 is 0 Å². The van der Waals surface area contributed by atoms with Crippen molar-refractivity contribution < 1.29 is 0 Å². The molecule has 4 N–H and O–H groups in total. The molecule has 3 nitrogen and oxygen atoms in total. The van der Waals surface area contributed by atoms with Crippen LogP contribution < -0.4 is 11.5 Å². The third-order valence-corrected chi connectivity index (χ3v) is 4.25. The summed E-state index contributed by atoms with van der Waals surface area (Å²) < 4.78 is 0. The van der Waals surface area contributed by atoms with Crippen LogP contribution in [0.1, 0.15) is 54.4 Å². The first-order chi connectivity index (χ1) is 8.26. The molecule has 0 amide bonds. The molecule has 1 atom stereocenters. The average Bonchev–Trinajstić information content (AvgIpc) is 2.24. The second-order valence-corrected chi connectivity index (χ2v) is 6.67. The minimum absolute atomic E-state index is 0.274. The molecule has 0 saturated carbocycles. The normalized spacial score (nSPS) is 14.8. The molecular weight excluding hydrogens is 222 g/mol. The van der Waals surface area contributed by atoms with Crippen molar-refractivity contribution in [3.05, 3.63) is 0 Å². The maximum absolute atomic E-state index is 5.90. The Morgan fingerprint density at radius 3 is 1.83 bits per heavy atom. The summed E-state index contributed by atoms with van der Waals surface area (Å²) in [5.41, 5.74) is 11.9. The lowest BCUT2D eigenvalue weighted by Gasteiger charge is -2.38. The molecule has 110 valence electrons. The number of nitrogens with zero attached hydrogens (tertiary/aromatic N) is 1. The zero-order valence-electron chi connectivity index (χ0n) is 13.4. The second kappa shape index (κ2) is 8.13. The molecule has 0 aromatic heterocycles. The molecule has 0 bridgehead atoms. The molecule has 0 saturated heterocycles. The number of hydrogen-bond acceptors (Lipinski definition) is 3. The molecule has 0 aromatic rings. The lowest BCUT2D eigenvalue weighted by molar-refractivity contribution is 0.116. The van der Waals surface area contributed by atoms with E-state index >= 15 is 0 Å². The van der Waals surface area contributed by atoms with E-state index in [1.54, 1.807) is 0 Å². The van der Waals surface area contributed by atoms with E-state index in [1.165, 1.54) is 6.42 Å². The molecule has 0 heterocycles. The zero-order valence-corrected chi connectivity index (χ0v) is 13.4. The van der Waals surface area contributed by atoms with E-state index in [0.717, 1.165) is 26.1 Å². The van der Waals surface area contributed by atoms with Crippen LogP contribution in [0.5, 0.6) is 0 Å². The van der Waals surface area contributed by atoms with Crippen molar-refractivity contribution in [3.63, 3.8) is 0 Å². The Kier molecular flexibility index (Phi) is 8.08. The largest absolute Gasteiger partial charge is 0.330 e. The van der Waals surface area contributed by atoms with Gasteiger partial charge in [-0.3, -0.25) is 4.90 Å². The van der Waals surface area contributed by atoms with Crippen LogP contribution in [-0.2, 0) is 0 Å². The van der Waals surface area contributed by atoms with Crippen LogP contribution in [0.25, 0.3) is 0 Å². The number of nitrogens with two attached hydrogens (primary N) is 2. The van der Waals surface area contributed by atoms with Gasteiger partial charge in [-0.05, 0) is 71.5 Å². The Bertz CT molecular complexity index is 204. The minimum atomic E-state index is 0.274. The molecule has 0 aliphatic heterocycles. The number of hydrogen-bond donors (Lipinski definition) is 2. The third-order valence-electron chi connectivity index (χ3n) is 4.25. The topological polar surface area (TPSA) is 55.3 Å². The Morgan fingerprint density at radius 1 is 1.00 bits per heavy atom. The fourth-order valence-corrected chi connectivity index (χ4v) is 2.76. The van der Waals surface area contributed by atoms with Gasteiger partial charge in [-0.2, -0.15) is 0 Å². The van der Waals surface area contributed by atoms with E-state index < -0.39 is 0 Å². The highest BCUT2D eigenvalue weighted by Gasteiger charge is 2.28. The second-order valence-electron chi connectivity index (χ2n) is 6.67. The standard InChI is InChI=1S/C15H35N3/c1-12(2)18(13(3)4)10-8-15(5,6)14(11-17)7-9-16/h12-14H,7-11,16-17H2,1-6H3. The highest BCUT2D eigenvalue weighted by Crippen LogP contribution is 2.32. The molecule has 0 aliphatic rings. The van der Waals surface area contributed by atoms with E-state index in [2.05, 4.69) is 46.4 Å². The van der Waals surface area contributed by atoms with Crippen molar-refractivity contribution in [2.45, 2.75) is 66.5 Å². The van der Waals surface area contributed by atoms with Crippen LogP contribution in [0, 0.1) is 11.3 Å². The highest BCUT2D eigenvalue weighted by atomic mass is 15.2. The van der Waals surface area contributed by atoms with E-state index in [0.29, 0.717) is 18.0 Å². The fraction of sp³-hybridized carbons (Fsp3) is 1.00. The number of rotatable bonds is 9. The van der Waals surface area contributed by atoms with Gasteiger partial charge in [0.1, 0.15) is 0 Å². The minimum Gasteiger partial charge on any atom is -0.330 e. The summed E-state index contributed by atoms with van der Waals surface area (Å²) >= 11 is 0. The fourth-order valence-electron chi connectivity index (χ4n) is 2.76. The summed E-state index contributed by atoms with van der Waals surface area (Å²) in [5.74, 6) is 0.531. The average molecular weight is 257 g/mol. The predicted octanol–water partition coefficient (Wildman–Crippen LogP) is 2.45. The first kappa shape index (κ1) is 17.9. The van der Waals surface area contributed by atoms with Gasteiger partial charge < -0.3 is 11.5 Å². The maximum atomic E-state index is 5.90. The summed E-state index contributed by atoms with van der Waals surface area (Å²) in [5, 5.41) is 0. The molecule has 0 spiro atoms. The third kappa shape index (κ3) is 5.68. The predicted molar refractivity (Wildman–Crippen MR) is 81.6 cm³/mol. The first-order valence-electron chi connectivity index (χ1n) is 7.42. The maximum Gasteiger partial charge on any atom is 0.00412 e. The lowest BCUT2D eigenvalue weighted by Crippen LogP contribution is -2.41. The quantitative estimate of drug-likeness (QED) is 0.667. The van der Waals surface area contributed by atoms with Crippen LogP contribution in [0.4, 0.5) is 0 Å². The summed E-state index contributed by atoms with van der Waals surface area (Å²) in [7, 11) is 0. The first-order valence-corrected chi connectivity index (χ1v) is 7.42. The Balaban J connectivity index is 4.46. The van der Waals surface area contributed by atoms with Crippen molar-refractivity contribution in [3.8, 4) is 0 Å². The van der Waals surface area contributed by atoms with Crippen molar-refractivity contribution in [2.24, 2.45) is 22.8 Å². The van der Waals surface area contributed by atoms with Gasteiger partial charge in [0.15, 0.2) is 0 Å². The van der Waals surface area contributed by atoms with E-state index in [9.17, 15) is 0 Å². The molecule has 0 fully saturated rings. The van der Waals surface area contributed by atoms with Crippen LogP contribution in [0.3, 0.4) is 0 Å². The Hall–Kier alpha value is -0.120. The summed E-state index contributed by atoms with van der Waals surface area (Å²) in [6.45, 7) is 16.4. The van der Waals surface area contributed by atoms with Gasteiger partial charge in [-0.25, -0.2) is 0 Å². The van der Waals surface area contributed by atoms with Gasteiger partial charge >= 0.3 is 0 Å². The van der Waals surface area contributed by atoms with Crippen molar-refractivity contribution in [2.75, 3.05) is 19.6 Å². The monoisotopic (exact) mass is 257 g/mol. The Morgan fingerprint density at radius 2 is 1.50 bits per heavy atom. The molecule has 0 aliphatic carbocycles. The van der Waals surface area contributed by atoms with Crippen LogP contribution in [0.2, 0.25) is 0 Å². The van der Waals surface area contributed by atoms with Gasteiger partial charge in [-0.1, -0.05) is 13.8 Å². The van der Waals surface area contributed by atoms with E-state index in [4.69, 9.17) is 11.5 Å². The van der Waals surface area contributed by atoms with Crippen molar-refractivity contribution in [1.29, 1.82) is 0 Å². The smallest absolute Gasteiger partial charge is 0.00412 e. The van der Waals surface area contributed by atoms with E-state index in [-0.39, 0.29) is 5.41 Å². The summed E-state index contributed by atoms with van der Waals surface area (Å²) in [4.78, 5) is 2.55. The van der Waals surface area contributed by atoms with Crippen molar-refractivity contribution in [1.82, 2.24) is 4.90 Å². The van der Waals surface area contributed by atoms with Gasteiger partial charge in [0.25, 0.3) is 0 Å². The SMILES string of the molecule is CC(C)N(CCC(C)(C)C(CN)CCN)C(C)C. The van der Waals surface area contributed by atoms with E-state index in [1.807, 2.05) is 0 Å². The molecule has 3 heteroatoms. The Labute approximate surface area is 114 Å². The lowest BCUT2D eigenvalue weighted by atomic mass is 9.74. The molecule has 0 radical (unpaired) electrons. The summed E-state index contributed by atoms with van der Waals surface area (Å²) in [6, 6.07) is 1.21. The van der Waals surface area contributed by atoms with Gasteiger partial charge in [0.2, 0.25) is 0 Å². The molecule has 1 unspecified atom stereocenters. The van der Waals surface area contributed by atoms with Gasteiger partial charge in [-0.15, -0.1) is 0 Å². The van der Waals surface area contributed by atoms with Crippen LogP contribution >= 0.6 is 0 Å². The van der Waals surface area contributed by atoms with Gasteiger partial charge in [0.05, 0.1) is 0 Å². The molecule has 18 heavy (non-hydrogen) atoms. The molecule has 0 rings (SSSR count). The zero-order chi connectivity index (χ0) is 14.3. The summed E-state index contributed by atoms with van der Waals surface area (Å²) in [6.07, 6.45) is 2.22.